The van der Waals surface area contributed by atoms with Gasteiger partial charge >= 0.3 is 0 Å². The largest absolute Gasteiger partial charge is 0.372 e. The smallest absolute Gasteiger partial charge is 0.128 e. The zero-order chi connectivity index (χ0) is 21.4. The minimum Gasteiger partial charge on any atom is -0.372 e. The molecule has 0 aliphatic heterocycles. The van der Waals surface area contributed by atoms with Crippen LogP contribution < -0.4 is 5.32 Å². The lowest BCUT2D eigenvalue weighted by Crippen LogP contribution is -2.32. The van der Waals surface area contributed by atoms with Crippen LogP contribution in [0.5, 0.6) is 0 Å². The lowest BCUT2D eigenvalue weighted by Gasteiger charge is -2.25. The van der Waals surface area contributed by atoms with Crippen LogP contribution in [-0.4, -0.2) is 19.7 Å². The summed E-state index contributed by atoms with van der Waals surface area (Å²) in [6.45, 7) is 12.8. The molecule has 29 heavy (non-hydrogen) atoms. The van der Waals surface area contributed by atoms with Crippen LogP contribution >= 0.6 is 0 Å². The molecule has 0 bridgehead atoms. The predicted molar refractivity (Wildman–Crippen MR) is 117 cm³/mol. The van der Waals surface area contributed by atoms with Crippen molar-refractivity contribution in [1.29, 1.82) is 0 Å². The SMILES string of the molecule is Cc1cccc(C)c1C(CNCC(C)(C)C)OCCCC1=C(F)CC=CC=C1F. The van der Waals surface area contributed by atoms with Crippen molar-refractivity contribution in [2.75, 3.05) is 19.7 Å². The van der Waals surface area contributed by atoms with Gasteiger partial charge in [0, 0.05) is 31.7 Å². The molecule has 0 spiro atoms. The normalized spacial score (nSPS) is 16.0. The molecule has 160 valence electrons. The third-order valence-corrected chi connectivity index (χ3v) is 5.03. The molecule has 0 radical (unpaired) electrons. The molecule has 1 unspecified atom stereocenters. The topological polar surface area (TPSA) is 21.3 Å². The van der Waals surface area contributed by atoms with Crippen LogP contribution in [-0.2, 0) is 4.74 Å². The first-order valence-electron chi connectivity index (χ1n) is 10.5. The molecule has 0 heterocycles. The van der Waals surface area contributed by atoms with E-state index in [9.17, 15) is 8.78 Å². The highest BCUT2D eigenvalue weighted by Crippen LogP contribution is 2.29. The van der Waals surface area contributed by atoms with Crippen molar-refractivity contribution in [2.24, 2.45) is 5.41 Å². The number of hydrogen-bond donors (Lipinski definition) is 1. The molecule has 0 fully saturated rings. The number of allylic oxidation sites excluding steroid dienone is 6. The summed E-state index contributed by atoms with van der Waals surface area (Å²) >= 11 is 0. The Morgan fingerprint density at radius 3 is 2.48 bits per heavy atom. The Bertz CT molecular complexity index is 751. The van der Waals surface area contributed by atoms with Gasteiger partial charge in [0.05, 0.1) is 6.10 Å². The fourth-order valence-corrected chi connectivity index (χ4v) is 3.56. The summed E-state index contributed by atoms with van der Waals surface area (Å²) in [5, 5.41) is 3.52. The van der Waals surface area contributed by atoms with Gasteiger partial charge in [-0.1, -0.05) is 51.1 Å². The van der Waals surface area contributed by atoms with Gasteiger partial charge in [-0.2, -0.15) is 0 Å². The van der Waals surface area contributed by atoms with Gasteiger partial charge in [-0.25, -0.2) is 8.78 Å². The van der Waals surface area contributed by atoms with Gasteiger partial charge in [0.15, 0.2) is 0 Å². The Hall–Kier alpha value is -1.78. The second-order valence-corrected chi connectivity index (χ2v) is 8.99. The number of rotatable bonds is 9. The summed E-state index contributed by atoms with van der Waals surface area (Å²) in [7, 11) is 0. The van der Waals surface area contributed by atoms with E-state index >= 15 is 0 Å². The Morgan fingerprint density at radius 1 is 1.14 bits per heavy atom. The van der Waals surface area contributed by atoms with Crippen molar-refractivity contribution in [1.82, 2.24) is 5.32 Å². The number of nitrogens with one attached hydrogen (secondary N) is 1. The molecule has 0 amide bonds. The van der Waals surface area contributed by atoms with E-state index in [0.717, 1.165) is 6.54 Å². The highest BCUT2D eigenvalue weighted by molar-refractivity contribution is 5.36. The van der Waals surface area contributed by atoms with E-state index in [1.165, 1.54) is 22.8 Å². The van der Waals surface area contributed by atoms with Gasteiger partial charge in [0.1, 0.15) is 11.7 Å². The third-order valence-electron chi connectivity index (χ3n) is 5.03. The standard InChI is InChI=1S/C25H35F2NO/c1-18-10-8-11-19(2)24(18)23(16-28-17-25(3,4)5)29-15-9-12-20-21(26)13-6-7-14-22(20)27/h6-8,10-11,13,23,28H,9,12,14-17H2,1-5H3. The predicted octanol–water partition coefficient (Wildman–Crippen LogP) is 6.81. The van der Waals surface area contributed by atoms with Gasteiger partial charge in [0.2, 0.25) is 0 Å². The molecule has 1 aromatic rings. The van der Waals surface area contributed by atoms with Crippen molar-refractivity contribution in [3.63, 3.8) is 0 Å². The van der Waals surface area contributed by atoms with Gasteiger partial charge in [-0.3, -0.25) is 0 Å². The van der Waals surface area contributed by atoms with E-state index in [2.05, 4.69) is 58.1 Å². The third kappa shape index (κ3) is 7.52. The van der Waals surface area contributed by atoms with E-state index in [-0.39, 0.29) is 29.3 Å². The van der Waals surface area contributed by atoms with Crippen molar-refractivity contribution in [3.05, 3.63) is 70.3 Å². The minimum absolute atomic E-state index is 0.0893. The van der Waals surface area contributed by atoms with E-state index in [4.69, 9.17) is 4.74 Å². The summed E-state index contributed by atoms with van der Waals surface area (Å²) in [6.07, 6.45) is 5.51. The van der Waals surface area contributed by atoms with Crippen LogP contribution in [0.1, 0.15) is 62.8 Å². The molecule has 1 aliphatic carbocycles. The number of hydrogen-bond acceptors (Lipinski definition) is 2. The number of ether oxygens (including phenoxy) is 1. The van der Waals surface area contributed by atoms with Crippen LogP contribution in [0.15, 0.2) is 53.7 Å². The first kappa shape index (κ1) is 23.5. The van der Waals surface area contributed by atoms with Gasteiger partial charge < -0.3 is 10.1 Å². The zero-order valence-corrected chi connectivity index (χ0v) is 18.4. The van der Waals surface area contributed by atoms with Gasteiger partial charge in [-0.15, -0.1) is 0 Å². The van der Waals surface area contributed by atoms with Crippen molar-refractivity contribution in [3.8, 4) is 0 Å². The summed E-state index contributed by atoms with van der Waals surface area (Å²) in [5.41, 5.74) is 3.96. The molecular weight excluding hydrogens is 368 g/mol. The first-order chi connectivity index (χ1) is 13.7. The molecule has 2 nitrogen and oxygen atoms in total. The lowest BCUT2D eigenvalue weighted by atomic mass is 9.95. The second kappa shape index (κ2) is 10.8. The Kier molecular flexibility index (Phi) is 8.79. The molecule has 0 saturated carbocycles. The summed E-state index contributed by atoms with van der Waals surface area (Å²) in [4.78, 5) is 0. The van der Waals surface area contributed by atoms with E-state index in [0.29, 0.717) is 26.0 Å². The Morgan fingerprint density at radius 2 is 1.83 bits per heavy atom. The summed E-state index contributed by atoms with van der Waals surface area (Å²) in [6, 6.07) is 6.25. The highest BCUT2D eigenvalue weighted by atomic mass is 19.1. The summed E-state index contributed by atoms with van der Waals surface area (Å²) < 4.78 is 34.4. The second-order valence-electron chi connectivity index (χ2n) is 8.99. The maximum Gasteiger partial charge on any atom is 0.128 e. The zero-order valence-electron chi connectivity index (χ0n) is 18.4. The molecule has 2 rings (SSSR count). The summed E-state index contributed by atoms with van der Waals surface area (Å²) in [5.74, 6) is -0.861. The van der Waals surface area contributed by atoms with Gasteiger partial charge in [-0.05, 0) is 54.9 Å². The number of halogens is 2. The highest BCUT2D eigenvalue weighted by Gasteiger charge is 2.19. The number of benzene rings is 1. The molecule has 1 atom stereocenters. The molecule has 1 aliphatic rings. The van der Waals surface area contributed by atoms with E-state index < -0.39 is 5.83 Å². The maximum atomic E-state index is 14.1. The van der Waals surface area contributed by atoms with E-state index in [1.54, 1.807) is 12.2 Å². The number of aryl methyl sites for hydroxylation is 2. The van der Waals surface area contributed by atoms with Crippen LogP contribution in [0.4, 0.5) is 8.78 Å². The van der Waals surface area contributed by atoms with Crippen LogP contribution in [0.25, 0.3) is 0 Å². The van der Waals surface area contributed by atoms with E-state index in [1.807, 2.05) is 0 Å². The average Bonchev–Trinajstić information content (AvgIpc) is 2.78. The minimum atomic E-state index is -0.477. The first-order valence-corrected chi connectivity index (χ1v) is 10.5. The molecule has 1 N–H and O–H groups in total. The van der Waals surface area contributed by atoms with Crippen LogP contribution in [0.3, 0.4) is 0 Å². The van der Waals surface area contributed by atoms with Gasteiger partial charge in [0.25, 0.3) is 0 Å². The lowest BCUT2D eigenvalue weighted by molar-refractivity contribution is 0.0488. The molecule has 1 aromatic carbocycles. The fourth-order valence-electron chi connectivity index (χ4n) is 3.56. The molecule has 4 heteroatoms. The molecule has 0 saturated heterocycles. The van der Waals surface area contributed by atoms with Crippen LogP contribution in [0.2, 0.25) is 0 Å². The van der Waals surface area contributed by atoms with Crippen LogP contribution in [0, 0.1) is 19.3 Å². The fraction of sp³-hybridized carbons (Fsp3) is 0.520. The Balaban J connectivity index is 2.00. The average molecular weight is 404 g/mol. The molecule has 0 aromatic heterocycles. The monoisotopic (exact) mass is 403 g/mol. The van der Waals surface area contributed by atoms with Crippen molar-refractivity contribution < 1.29 is 13.5 Å². The van der Waals surface area contributed by atoms with Crippen molar-refractivity contribution in [2.45, 2.75) is 60.0 Å². The molecular formula is C25H35F2NO. The quantitative estimate of drug-likeness (QED) is 0.457. The van der Waals surface area contributed by atoms with Crippen molar-refractivity contribution >= 4 is 0 Å². The Labute approximate surface area is 174 Å². The maximum absolute atomic E-state index is 14.1.